The molecule has 0 aliphatic rings. The van der Waals surface area contributed by atoms with E-state index in [0.29, 0.717) is 17.8 Å². The molecule has 17 heavy (non-hydrogen) atoms. The predicted molar refractivity (Wildman–Crippen MR) is 73.8 cm³/mol. The fourth-order valence-electron chi connectivity index (χ4n) is 1.57. The summed E-state index contributed by atoms with van der Waals surface area (Å²) < 4.78 is 0. The summed E-state index contributed by atoms with van der Waals surface area (Å²) in [6.45, 7) is 1.95. The van der Waals surface area contributed by atoms with Gasteiger partial charge >= 0.3 is 0 Å². The predicted octanol–water partition coefficient (Wildman–Crippen LogP) is 1.75. The number of carbonyl (C=O) groups is 1. The third-order valence-corrected chi connectivity index (χ3v) is 2.92. The number of hydrogen-bond acceptors (Lipinski definition) is 2. The van der Waals surface area contributed by atoms with Gasteiger partial charge in [-0.25, -0.2) is 0 Å². The van der Waals surface area contributed by atoms with Gasteiger partial charge < -0.3 is 10.6 Å². The summed E-state index contributed by atoms with van der Waals surface area (Å²) in [6, 6.07) is 9.74. The van der Waals surface area contributed by atoms with Crippen molar-refractivity contribution < 1.29 is 4.79 Å². The van der Waals surface area contributed by atoms with E-state index in [0.717, 1.165) is 5.56 Å². The summed E-state index contributed by atoms with van der Waals surface area (Å²) in [4.78, 5) is 14.1. The molecule has 0 radical (unpaired) electrons. The van der Waals surface area contributed by atoms with Crippen LogP contribution in [-0.4, -0.2) is 28.9 Å². The molecule has 0 bridgehead atoms. The topological polar surface area (TPSA) is 46.3 Å². The van der Waals surface area contributed by atoms with Gasteiger partial charge in [0, 0.05) is 19.5 Å². The Morgan fingerprint density at radius 3 is 2.53 bits per heavy atom. The second-order valence-electron chi connectivity index (χ2n) is 4.19. The van der Waals surface area contributed by atoms with Crippen LogP contribution in [0.2, 0.25) is 0 Å². The minimum Gasteiger partial charge on any atom is -0.393 e. The van der Waals surface area contributed by atoms with Crippen LogP contribution in [0.1, 0.15) is 18.9 Å². The van der Waals surface area contributed by atoms with Crippen molar-refractivity contribution in [1.82, 2.24) is 4.90 Å². The van der Waals surface area contributed by atoms with Crippen molar-refractivity contribution in [1.29, 1.82) is 0 Å². The molecule has 1 atom stereocenters. The Kier molecular flexibility index (Phi) is 5.10. The number of hydrogen-bond donors (Lipinski definition) is 1. The average molecular weight is 250 g/mol. The highest BCUT2D eigenvalue weighted by molar-refractivity contribution is 7.80. The van der Waals surface area contributed by atoms with Gasteiger partial charge in [0.05, 0.1) is 11.4 Å². The van der Waals surface area contributed by atoms with E-state index in [4.69, 9.17) is 18.0 Å². The fourth-order valence-corrected chi connectivity index (χ4v) is 1.81. The second-order valence-corrected chi connectivity index (χ2v) is 4.71. The number of nitrogens with two attached hydrogens (primary N) is 1. The normalized spacial score (nSPS) is 11.9. The minimum atomic E-state index is 0.0451. The average Bonchev–Trinajstić information content (AvgIpc) is 2.28. The first-order valence-corrected chi connectivity index (χ1v) is 5.99. The zero-order chi connectivity index (χ0) is 12.8. The molecule has 0 fully saturated rings. The van der Waals surface area contributed by atoms with Gasteiger partial charge in [0.25, 0.3) is 0 Å². The van der Waals surface area contributed by atoms with Crippen molar-refractivity contribution in [2.45, 2.75) is 25.8 Å². The van der Waals surface area contributed by atoms with Crippen LogP contribution in [-0.2, 0) is 11.2 Å². The molecular weight excluding hydrogens is 232 g/mol. The van der Waals surface area contributed by atoms with Crippen molar-refractivity contribution >= 4 is 23.1 Å². The van der Waals surface area contributed by atoms with Gasteiger partial charge in [-0.05, 0) is 12.5 Å². The lowest BCUT2D eigenvalue weighted by atomic mass is 10.1. The summed E-state index contributed by atoms with van der Waals surface area (Å²) in [5, 5.41) is 0. The number of amides is 1. The fraction of sp³-hybridized carbons (Fsp3) is 0.385. The lowest BCUT2D eigenvalue weighted by molar-refractivity contribution is -0.130. The number of nitrogens with zero attached hydrogens (tertiary/aromatic N) is 1. The Bertz CT molecular complexity index is 392. The van der Waals surface area contributed by atoms with E-state index in [2.05, 4.69) is 0 Å². The molecule has 92 valence electrons. The maximum absolute atomic E-state index is 12.0. The lowest BCUT2D eigenvalue weighted by Crippen LogP contribution is -2.38. The molecule has 1 amide bonds. The molecule has 0 aliphatic heterocycles. The maximum atomic E-state index is 12.0. The van der Waals surface area contributed by atoms with Gasteiger partial charge in [0.1, 0.15) is 0 Å². The molecule has 1 unspecified atom stereocenters. The van der Waals surface area contributed by atoms with Crippen LogP contribution in [0, 0.1) is 0 Å². The quantitative estimate of drug-likeness (QED) is 0.810. The van der Waals surface area contributed by atoms with Crippen LogP contribution >= 0.6 is 12.2 Å². The SMILES string of the molecule is CC(CC(N)=S)N(C)C(=O)Cc1ccccc1. The van der Waals surface area contributed by atoms with E-state index in [9.17, 15) is 4.79 Å². The van der Waals surface area contributed by atoms with E-state index < -0.39 is 0 Å². The molecule has 0 saturated carbocycles. The number of rotatable bonds is 5. The molecule has 1 rings (SSSR count). The van der Waals surface area contributed by atoms with Crippen molar-refractivity contribution in [3.8, 4) is 0 Å². The zero-order valence-electron chi connectivity index (χ0n) is 10.2. The van der Waals surface area contributed by atoms with Crippen LogP contribution in [0.5, 0.6) is 0 Å². The Labute approximate surface area is 108 Å². The number of thiocarbonyl (C=S) groups is 1. The zero-order valence-corrected chi connectivity index (χ0v) is 11.0. The highest BCUT2D eigenvalue weighted by atomic mass is 32.1. The van der Waals surface area contributed by atoms with Gasteiger partial charge in [-0.15, -0.1) is 0 Å². The third kappa shape index (κ3) is 4.53. The molecule has 0 spiro atoms. The molecule has 0 heterocycles. The maximum Gasteiger partial charge on any atom is 0.226 e. The van der Waals surface area contributed by atoms with E-state index in [-0.39, 0.29) is 11.9 Å². The van der Waals surface area contributed by atoms with Crippen molar-refractivity contribution in [2.75, 3.05) is 7.05 Å². The molecular formula is C13H18N2OS. The van der Waals surface area contributed by atoms with Crippen LogP contribution in [0.15, 0.2) is 30.3 Å². The highest BCUT2D eigenvalue weighted by Crippen LogP contribution is 2.06. The highest BCUT2D eigenvalue weighted by Gasteiger charge is 2.16. The van der Waals surface area contributed by atoms with Gasteiger partial charge in [-0.3, -0.25) is 4.79 Å². The molecule has 0 aromatic heterocycles. The standard InChI is InChI=1S/C13H18N2OS/c1-10(8-12(14)17)15(2)13(16)9-11-6-4-3-5-7-11/h3-7,10H,8-9H2,1-2H3,(H2,14,17). The summed E-state index contributed by atoms with van der Waals surface area (Å²) in [6.07, 6.45) is 0.978. The molecule has 1 aromatic rings. The van der Waals surface area contributed by atoms with Gasteiger partial charge in [0.2, 0.25) is 5.91 Å². The Morgan fingerprint density at radius 2 is 2.00 bits per heavy atom. The summed E-state index contributed by atoms with van der Waals surface area (Å²) in [5.74, 6) is 0.0833. The van der Waals surface area contributed by atoms with E-state index in [1.54, 1.807) is 11.9 Å². The summed E-state index contributed by atoms with van der Waals surface area (Å²) >= 11 is 4.85. The first-order chi connectivity index (χ1) is 8.00. The van der Waals surface area contributed by atoms with Crippen LogP contribution < -0.4 is 5.73 Å². The van der Waals surface area contributed by atoms with Gasteiger partial charge in [-0.1, -0.05) is 42.5 Å². The van der Waals surface area contributed by atoms with Crippen molar-refractivity contribution in [2.24, 2.45) is 5.73 Å². The largest absolute Gasteiger partial charge is 0.393 e. The molecule has 2 N–H and O–H groups in total. The van der Waals surface area contributed by atoms with E-state index in [1.165, 1.54) is 0 Å². The molecule has 0 saturated heterocycles. The second kappa shape index (κ2) is 6.35. The molecule has 4 heteroatoms. The Hall–Kier alpha value is -1.42. The van der Waals surface area contributed by atoms with E-state index >= 15 is 0 Å². The molecule has 0 aliphatic carbocycles. The van der Waals surface area contributed by atoms with Crippen molar-refractivity contribution in [3.63, 3.8) is 0 Å². The molecule has 3 nitrogen and oxygen atoms in total. The lowest BCUT2D eigenvalue weighted by Gasteiger charge is -2.24. The summed E-state index contributed by atoms with van der Waals surface area (Å²) in [7, 11) is 1.79. The van der Waals surface area contributed by atoms with Crippen LogP contribution in [0.3, 0.4) is 0 Å². The first-order valence-electron chi connectivity index (χ1n) is 5.58. The number of benzene rings is 1. The number of likely N-dealkylation sites (N-methyl/N-ethyl adjacent to an activating group) is 1. The third-order valence-electron chi connectivity index (χ3n) is 2.75. The number of carbonyl (C=O) groups excluding carboxylic acids is 1. The Balaban J connectivity index is 2.55. The van der Waals surface area contributed by atoms with Crippen LogP contribution in [0.25, 0.3) is 0 Å². The van der Waals surface area contributed by atoms with Crippen molar-refractivity contribution in [3.05, 3.63) is 35.9 Å². The van der Waals surface area contributed by atoms with Crippen LogP contribution in [0.4, 0.5) is 0 Å². The first kappa shape index (κ1) is 13.6. The van der Waals surface area contributed by atoms with Gasteiger partial charge in [-0.2, -0.15) is 0 Å². The summed E-state index contributed by atoms with van der Waals surface area (Å²) in [5.41, 5.74) is 6.50. The van der Waals surface area contributed by atoms with Gasteiger partial charge in [0.15, 0.2) is 0 Å². The molecule has 1 aromatic carbocycles. The minimum absolute atomic E-state index is 0.0451. The smallest absolute Gasteiger partial charge is 0.226 e. The monoisotopic (exact) mass is 250 g/mol. The Morgan fingerprint density at radius 1 is 1.41 bits per heavy atom. The van der Waals surface area contributed by atoms with E-state index in [1.807, 2.05) is 37.3 Å².